The molecule has 1 amide bonds. The van der Waals surface area contributed by atoms with Crippen molar-refractivity contribution in [2.75, 3.05) is 20.8 Å². The Labute approximate surface area is 146 Å². The number of esters is 1. The van der Waals surface area contributed by atoms with Gasteiger partial charge in [-0.1, -0.05) is 24.3 Å². The molecule has 2 aromatic carbocycles. The fourth-order valence-corrected chi connectivity index (χ4v) is 2.28. The summed E-state index contributed by atoms with van der Waals surface area (Å²) in [6.07, 6.45) is 0. The molecule has 0 heterocycles. The molecule has 0 saturated heterocycles. The number of rotatable bonds is 7. The average molecular weight is 343 g/mol. The molecule has 6 heteroatoms. The van der Waals surface area contributed by atoms with Crippen molar-refractivity contribution in [1.29, 1.82) is 0 Å². The summed E-state index contributed by atoms with van der Waals surface area (Å²) >= 11 is 0. The molecule has 0 bridgehead atoms. The summed E-state index contributed by atoms with van der Waals surface area (Å²) in [6.45, 7) is 1.49. The fraction of sp³-hybridized carbons (Fsp3) is 0.263. The molecule has 0 aliphatic carbocycles. The summed E-state index contributed by atoms with van der Waals surface area (Å²) in [5, 5.41) is 2.78. The summed E-state index contributed by atoms with van der Waals surface area (Å²) in [4.78, 5) is 24.1. The number of hydrogen-bond acceptors (Lipinski definition) is 5. The summed E-state index contributed by atoms with van der Waals surface area (Å²) in [7, 11) is 3.06. The number of benzene rings is 2. The third-order valence-electron chi connectivity index (χ3n) is 3.65. The maximum atomic E-state index is 12.1. The Morgan fingerprint density at radius 2 is 1.68 bits per heavy atom. The van der Waals surface area contributed by atoms with Crippen molar-refractivity contribution in [2.45, 2.75) is 13.0 Å². The van der Waals surface area contributed by atoms with Crippen LogP contribution in [-0.4, -0.2) is 32.7 Å². The largest absolute Gasteiger partial charge is 0.497 e. The lowest BCUT2D eigenvalue weighted by atomic mass is 10.1. The minimum atomic E-state index is -0.607. The van der Waals surface area contributed by atoms with Crippen LogP contribution in [0.15, 0.2) is 48.5 Å². The van der Waals surface area contributed by atoms with E-state index in [1.807, 2.05) is 31.2 Å². The number of nitrogens with one attached hydrogen (secondary N) is 1. The monoisotopic (exact) mass is 343 g/mol. The summed E-state index contributed by atoms with van der Waals surface area (Å²) in [5.74, 6) is 0.156. The van der Waals surface area contributed by atoms with Crippen LogP contribution in [0.2, 0.25) is 0 Å². The SMILES string of the molecule is COc1ccc([C@@H](C)NC(=O)COC(=O)c2ccccc2OC)cc1. The lowest BCUT2D eigenvalue weighted by molar-refractivity contribution is -0.124. The highest BCUT2D eigenvalue weighted by molar-refractivity contribution is 5.94. The van der Waals surface area contributed by atoms with Crippen molar-refractivity contribution in [3.63, 3.8) is 0 Å². The van der Waals surface area contributed by atoms with Crippen LogP contribution in [0.4, 0.5) is 0 Å². The standard InChI is InChI=1S/C19H21NO5/c1-13(14-8-10-15(23-2)11-9-14)20-18(21)12-25-19(22)16-6-4-5-7-17(16)24-3/h4-11,13H,12H2,1-3H3,(H,20,21)/t13-/m1/s1. The molecule has 132 valence electrons. The predicted octanol–water partition coefficient (Wildman–Crippen LogP) is 2.74. The first-order valence-corrected chi connectivity index (χ1v) is 7.78. The molecule has 1 atom stereocenters. The van der Waals surface area contributed by atoms with E-state index in [1.54, 1.807) is 31.4 Å². The quantitative estimate of drug-likeness (QED) is 0.783. The van der Waals surface area contributed by atoms with Crippen molar-refractivity contribution in [2.24, 2.45) is 0 Å². The van der Waals surface area contributed by atoms with Crippen LogP contribution in [0.1, 0.15) is 28.9 Å². The predicted molar refractivity (Wildman–Crippen MR) is 92.8 cm³/mol. The Kier molecular flexibility index (Phi) is 6.39. The molecule has 0 aromatic heterocycles. The van der Waals surface area contributed by atoms with Crippen LogP contribution >= 0.6 is 0 Å². The minimum Gasteiger partial charge on any atom is -0.497 e. The minimum absolute atomic E-state index is 0.219. The zero-order chi connectivity index (χ0) is 18.2. The Morgan fingerprint density at radius 3 is 2.32 bits per heavy atom. The molecule has 2 rings (SSSR count). The van der Waals surface area contributed by atoms with Gasteiger partial charge in [0.15, 0.2) is 6.61 Å². The first-order chi connectivity index (χ1) is 12.0. The number of carbonyl (C=O) groups is 2. The molecule has 2 aromatic rings. The Bertz CT molecular complexity index is 727. The van der Waals surface area contributed by atoms with Crippen LogP contribution in [0.3, 0.4) is 0 Å². The van der Waals surface area contributed by atoms with Gasteiger partial charge in [-0.15, -0.1) is 0 Å². The lowest BCUT2D eigenvalue weighted by Crippen LogP contribution is -2.31. The summed E-state index contributed by atoms with van der Waals surface area (Å²) in [5.41, 5.74) is 1.20. The molecule has 0 saturated carbocycles. The van der Waals surface area contributed by atoms with Gasteiger partial charge in [0.05, 0.1) is 20.3 Å². The van der Waals surface area contributed by atoms with Gasteiger partial charge in [0.2, 0.25) is 0 Å². The molecule has 0 unspecified atom stereocenters. The van der Waals surface area contributed by atoms with E-state index in [0.717, 1.165) is 11.3 Å². The van der Waals surface area contributed by atoms with Crippen molar-refractivity contribution in [1.82, 2.24) is 5.32 Å². The van der Waals surface area contributed by atoms with Crippen LogP contribution < -0.4 is 14.8 Å². The normalized spacial score (nSPS) is 11.3. The van der Waals surface area contributed by atoms with Crippen molar-refractivity contribution in [3.8, 4) is 11.5 Å². The second-order valence-corrected chi connectivity index (χ2v) is 5.34. The zero-order valence-electron chi connectivity index (χ0n) is 14.4. The highest BCUT2D eigenvalue weighted by Crippen LogP contribution is 2.19. The molecular formula is C19H21NO5. The van der Waals surface area contributed by atoms with E-state index in [9.17, 15) is 9.59 Å². The van der Waals surface area contributed by atoms with Gasteiger partial charge in [-0.05, 0) is 36.8 Å². The van der Waals surface area contributed by atoms with Crippen LogP contribution in [0, 0.1) is 0 Å². The van der Waals surface area contributed by atoms with Gasteiger partial charge in [0.1, 0.15) is 17.1 Å². The van der Waals surface area contributed by atoms with Crippen LogP contribution in [0.25, 0.3) is 0 Å². The first-order valence-electron chi connectivity index (χ1n) is 7.78. The highest BCUT2D eigenvalue weighted by Gasteiger charge is 2.16. The second kappa shape index (κ2) is 8.73. The first kappa shape index (κ1) is 18.3. The van der Waals surface area contributed by atoms with E-state index in [0.29, 0.717) is 5.75 Å². The van der Waals surface area contributed by atoms with Gasteiger partial charge in [0, 0.05) is 0 Å². The molecular weight excluding hydrogens is 322 g/mol. The molecule has 0 aliphatic heterocycles. The van der Waals surface area contributed by atoms with Gasteiger partial charge < -0.3 is 19.5 Å². The average Bonchev–Trinajstić information content (AvgIpc) is 2.66. The van der Waals surface area contributed by atoms with Gasteiger partial charge >= 0.3 is 5.97 Å². The van der Waals surface area contributed by atoms with Gasteiger partial charge in [-0.25, -0.2) is 4.79 Å². The van der Waals surface area contributed by atoms with Gasteiger partial charge in [-0.3, -0.25) is 4.79 Å². The van der Waals surface area contributed by atoms with Crippen molar-refractivity contribution >= 4 is 11.9 Å². The van der Waals surface area contributed by atoms with E-state index in [1.165, 1.54) is 7.11 Å². The van der Waals surface area contributed by atoms with Gasteiger partial charge in [0.25, 0.3) is 5.91 Å². The smallest absolute Gasteiger partial charge is 0.342 e. The molecule has 0 radical (unpaired) electrons. The van der Waals surface area contributed by atoms with E-state index in [4.69, 9.17) is 14.2 Å². The summed E-state index contributed by atoms with van der Waals surface area (Å²) in [6, 6.07) is 13.8. The molecule has 1 N–H and O–H groups in total. The van der Waals surface area contributed by atoms with E-state index in [2.05, 4.69) is 5.32 Å². The third kappa shape index (κ3) is 4.97. The molecule has 0 fully saturated rings. The number of methoxy groups -OCH3 is 2. The fourth-order valence-electron chi connectivity index (χ4n) is 2.28. The van der Waals surface area contributed by atoms with E-state index >= 15 is 0 Å². The maximum absolute atomic E-state index is 12.1. The Hall–Kier alpha value is -3.02. The molecule has 6 nitrogen and oxygen atoms in total. The third-order valence-corrected chi connectivity index (χ3v) is 3.65. The van der Waals surface area contributed by atoms with Crippen LogP contribution in [0.5, 0.6) is 11.5 Å². The Morgan fingerprint density at radius 1 is 1.00 bits per heavy atom. The number of amides is 1. The topological polar surface area (TPSA) is 73.9 Å². The second-order valence-electron chi connectivity index (χ2n) is 5.34. The number of para-hydroxylation sites is 1. The number of ether oxygens (including phenoxy) is 3. The van der Waals surface area contributed by atoms with E-state index < -0.39 is 5.97 Å². The van der Waals surface area contributed by atoms with E-state index in [-0.39, 0.29) is 24.1 Å². The van der Waals surface area contributed by atoms with Crippen LogP contribution in [-0.2, 0) is 9.53 Å². The number of carbonyl (C=O) groups excluding carboxylic acids is 2. The number of hydrogen-bond donors (Lipinski definition) is 1. The van der Waals surface area contributed by atoms with Crippen molar-refractivity contribution < 1.29 is 23.8 Å². The molecule has 0 spiro atoms. The Balaban J connectivity index is 1.88. The zero-order valence-corrected chi connectivity index (χ0v) is 14.4. The highest BCUT2D eigenvalue weighted by atomic mass is 16.5. The lowest BCUT2D eigenvalue weighted by Gasteiger charge is -2.15. The molecule has 0 aliphatic rings. The van der Waals surface area contributed by atoms with Crippen molar-refractivity contribution in [3.05, 3.63) is 59.7 Å². The summed E-state index contributed by atoms with van der Waals surface area (Å²) < 4.78 is 15.3. The van der Waals surface area contributed by atoms with Gasteiger partial charge in [-0.2, -0.15) is 0 Å². The molecule has 25 heavy (non-hydrogen) atoms. The maximum Gasteiger partial charge on any atom is 0.342 e.